The number of benzene rings is 4. The van der Waals surface area contributed by atoms with Crippen molar-refractivity contribution in [1.82, 2.24) is 0 Å². The zero-order valence-electron chi connectivity index (χ0n) is 17.7. The molecule has 0 aliphatic rings. The van der Waals surface area contributed by atoms with E-state index in [0.717, 1.165) is 0 Å². The van der Waals surface area contributed by atoms with Crippen LogP contribution in [0.2, 0.25) is 0 Å². The third-order valence-corrected chi connectivity index (χ3v) is 15.2. The Balaban J connectivity index is 1.50. The van der Waals surface area contributed by atoms with Crippen LogP contribution in [0.4, 0.5) is 0 Å². The van der Waals surface area contributed by atoms with E-state index in [1.165, 1.54) is 46.4 Å². The Bertz CT molecular complexity index is 1010. The minimum absolute atomic E-state index is 0.305. The molecule has 0 aliphatic heterocycles. The molecule has 31 heavy (non-hydrogen) atoms. The number of unbranched alkanes of at least 4 members (excludes halogenated alkanes) is 1. The van der Waals surface area contributed by atoms with E-state index in [-0.39, 0.29) is 7.92 Å². The Morgan fingerprint density at radius 3 is 1.32 bits per heavy atom. The summed E-state index contributed by atoms with van der Waals surface area (Å²) in [6, 6.07) is 44.3. The molecule has 4 rings (SSSR count). The Labute approximate surface area is 195 Å². The maximum absolute atomic E-state index is 3.69. The SMILES string of the molecule is [Se]=P(CCCCP(c1ccccc1)c1ccccc1)(c1ccccc1)c1ccccc1. The summed E-state index contributed by atoms with van der Waals surface area (Å²) in [5, 5.41) is 5.90. The average Bonchev–Trinajstić information content (AvgIpc) is 2.86. The summed E-state index contributed by atoms with van der Waals surface area (Å²) in [7, 11) is -0.305. The molecule has 0 saturated carbocycles. The molecule has 0 aliphatic carbocycles. The molecule has 0 N–H and O–H groups in total. The minimum atomic E-state index is -1.50. The summed E-state index contributed by atoms with van der Waals surface area (Å²) in [5.74, 6) is 0. The van der Waals surface area contributed by atoms with E-state index < -0.39 is 5.51 Å². The van der Waals surface area contributed by atoms with Gasteiger partial charge in [0.15, 0.2) is 0 Å². The standard InChI is InChI=1S/C28H28P2Se/c31-30(27-19-9-3-10-20-27,28-21-11-4-12-22-28)24-14-13-23-29(25-15-5-1-6-16-25)26-17-7-2-8-18-26/h1-12,15-22H,13-14,23-24H2. The third kappa shape index (κ3) is 5.74. The summed E-state index contributed by atoms with van der Waals surface area (Å²) in [5.41, 5.74) is -1.50. The van der Waals surface area contributed by atoms with Gasteiger partial charge in [-0.25, -0.2) is 0 Å². The number of hydrogen-bond donors (Lipinski definition) is 0. The molecule has 0 unspecified atom stereocenters. The molecule has 4 aromatic carbocycles. The Morgan fingerprint density at radius 2 is 0.903 bits per heavy atom. The van der Waals surface area contributed by atoms with Crippen molar-refractivity contribution in [2.75, 3.05) is 12.3 Å². The van der Waals surface area contributed by atoms with Crippen LogP contribution in [0, 0.1) is 0 Å². The van der Waals surface area contributed by atoms with Gasteiger partial charge in [-0.05, 0) is 0 Å². The Kier molecular flexibility index (Phi) is 8.13. The van der Waals surface area contributed by atoms with Crippen LogP contribution in [0.25, 0.3) is 0 Å². The van der Waals surface area contributed by atoms with E-state index in [1.54, 1.807) is 0 Å². The first kappa shape index (κ1) is 22.5. The molecule has 0 saturated heterocycles. The van der Waals surface area contributed by atoms with Crippen molar-refractivity contribution in [3.05, 3.63) is 121 Å². The molecule has 4 aromatic rings. The van der Waals surface area contributed by atoms with E-state index >= 15 is 0 Å². The van der Waals surface area contributed by atoms with Gasteiger partial charge in [0.25, 0.3) is 0 Å². The van der Waals surface area contributed by atoms with Crippen molar-refractivity contribution >= 4 is 49.7 Å². The van der Waals surface area contributed by atoms with Gasteiger partial charge in [0, 0.05) is 0 Å². The summed E-state index contributed by atoms with van der Waals surface area (Å²) >= 11 is 3.69. The van der Waals surface area contributed by atoms with Gasteiger partial charge in [-0.2, -0.15) is 0 Å². The summed E-state index contributed by atoms with van der Waals surface area (Å²) < 4.78 is 0. The van der Waals surface area contributed by atoms with Gasteiger partial charge in [0.2, 0.25) is 0 Å². The van der Waals surface area contributed by atoms with Crippen molar-refractivity contribution in [2.45, 2.75) is 12.8 Å². The molecule has 0 amide bonds. The fraction of sp³-hybridized carbons (Fsp3) is 0.143. The fourth-order valence-corrected chi connectivity index (χ4v) is 11.5. The van der Waals surface area contributed by atoms with Crippen LogP contribution < -0.4 is 21.2 Å². The molecule has 0 bridgehead atoms. The predicted octanol–water partition coefficient (Wildman–Crippen LogP) is 5.65. The van der Waals surface area contributed by atoms with Crippen LogP contribution in [0.3, 0.4) is 0 Å². The molecule has 0 spiro atoms. The molecule has 0 aromatic heterocycles. The van der Waals surface area contributed by atoms with Gasteiger partial charge in [-0.1, -0.05) is 0 Å². The van der Waals surface area contributed by atoms with Gasteiger partial charge in [0.05, 0.1) is 0 Å². The molecule has 0 nitrogen and oxygen atoms in total. The van der Waals surface area contributed by atoms with Crippen molar-refractivity contribution < 1.29 is 0 Å². The van der Waals surface area contributed by atoms with Crippen molar-refractivity contribution in [2.24, 2.45) is 0 Å². The molecular formula is C28H28P2Se. The first-order chi connectivity index (χ1) is 15.3. The van der Waals surface area contributed by atoms with Gasteiger partial charge in [-0.3, -0.25) is 0 Å². The normalized spacial score (nSPS) is 11.5. The van der Waals surface area contributed by atoms with Crippen LogP contribution in [0.15, 0.2) is 121 Å². The summed E-state index contributed by atoms with van der Waals surface area (Å²) in [6.45, 7) is 0. The van der Waals surface area contributed by atoms with Gasteiger partial charge >= 0.3 is 196 Å². The van der Waals surface area contributed by atoms with E-state index in [0.29, 0.717) is 0 Å². The summed E-state index contributed by atoms with van der Waals surface area (Å²) in [4.78, 5) is 0. The van der Waals surface area contributed by atoms with Crippen molar-refractivity contribution in [1.29, 1.82) is 0 Å². The van der Waals surface area contributed by atoms with Crippen molar-refractivity contribution in [3.63, 3.8) is 0 Å². The van der Waals surface area contributed by atoms with Crippen LogP contribution in [0.5, 0.6) is 0 Å². The Morgan fingerprint density at radius 1 is 0.516 bits per heavy atom. The second kappa shape index (κ2) is 11.2. The molecular weight excluding hydrogens is 477 g/mol. The molecule has 156 valence electrons. The van der Waals surface area contributed by atoms with E-state index in [9.17, 15) is 0 Å². The number of hydrogen-bond acceptors (Lipinski definition) is 0. The third-order valence-electron chi connectivity index (χ3n) is 5.59. The molecule has 0 heterocycles. The van der Waals surface area contributed by atoms with Gasteiger partial charge < -0.3 is 0 Å². The number of rotatable bonds is 9. The van der Waals surface area contributed by atoms with Crippen molar-refractivity contribution in [3.8, 4) is 0 Å². The zero-order valence-corrected chi connectivity index (χ0v) is 21.2. The first-order valence-electron chi connectivity index (χ1n) is 10.9. The van der Waals surface area contributed by atoms with Gasteiger partial charge in [-0.15, -0.1) is 0 Å². The average molecular weight is 505 g/mol. The second-order valence-corrected chi connectivity index (χ2v) is 16.9. The van der Waals surface area contributed by atoms with Crippen LogP contribution >= 0.6 is 13.4 Å². The summed E-state index contributed by atoms with van der Waals surface area (Å²) in [6.07, 6.45) is 4.95. The maximum atomic E-state index is 3.69. The fourth-order valence-electron chi connectivity index (χ4n) is 3.97. The monoisotopic (exact) mass is 506 g/mol. The first-order valence-corrected chi connectivity index (χ1v) is 16.6. The van der Waals surface area contributed by atoms with E-state index in [1.807, 2.05) is 0 Å². The predicted molar refractivity (Wildman–Crippen MR) is 143 cm³/mol. The van der Waals surface area contributed by atoms with E-state index in [4.69, 9.17) is 0 Å². The molecule has 3 heteroatoms. The topological polar surface area (TPSA) is 0 Å². The van der Waals surface area contributed by atoms with E-state index in [2.05, 4.69) is 136 Å². The van der Waals surface area contributed by atoms with Crippen LogP contribution in [0.1, 0.15) is 12.8 Å². The molecule has 0 radical (unpaired) electrons. The van der Waals surface area contributed by atoms with Gasteiger partial charge in [0.1, 0.15) is 0 Å². The quantitative estimate of drug-likeness (QED) is 0.157. The van der Waals surface area contributed by atoms with Crippen LogP contribution in [-0.4, -0.2) is 27.4 Å². The van der Waals surface area contributed by atoms with Crippen LogP contribution in [-0.2, 0) is 0 Å². The Hall–Kier alpha value is -1.74. The zero-order chi connectivity index (χ0) is 21.4. The molecule has 0 atom stereocenters. The second-order valence-electron chi connectivity index (χ2n) is 7.66. The molecule has 0 fully saturated rings.